The molecule has 0 saturated carbocycles. The Morgan fingerprint density at radius 2 is 1.73 bits per heavy atom. The predicted molar refractivity (Wildman–Crippen MR) is 119 cm³/mol. The van der Waals surface area contributed by atoms with Gasteiger partial charge in [-0.2, -0.15) is 0 Å². The van der Waals surface area contributed by atoms with Crippen molar-refractivity contribution in [2.24, 2.45) is 0 Å². The number of sulfonamides is 1. The Kier molecular flexibility index (Phi) is 5.84. The summed E-state index contributed by atoms with van der Waals surface area (Å²) in [4.78, 5) is 17.3. The van der Waals surface area contributed by atoms with E-state index in [1.807, 2.05) is 24.0 Å². The van der Waals surface area contributed by atoms with Crippen LogP contribution >= 0.6 is 0 Å². The number of carbonyl (C=O) groups is 1. The summed E-state index contributed by atoms with van der Waals surface area (Å²) >= 11 is 0. The summed E-state index contributed by atoms with van der Waals surface area (Å²) in [7, 11) is -3.31. The topological polar surface area (TPSA) is 60.9 Å². The molecule has 0 radical (unpaired) electrons. The Balaban J connectivity index is 1.42. The lowest BCUT2D eigenvalue weighted by Crippen LogP contribution is -2.48. The van der Waals surface area contributed by atoms with Gasteiger partial charge in [0.05, 0.1) is 11.4 Å². The van der Waals surface area contributed by atoms with Gasteiger partial charge in [0.2, 0.25) is 10.0 Å². The molecular weight excluding hydrogens is 398 g/mol. The first-order valence-electron chi connectivity index (χ1n) is 10.6. The molecule has 0 aromatic heterocycles. The number of benzene rings is 2. The summed E-state index contributed by atoms with van der Waals surface area (Å²) < 4.78 is 26.4. The molecule has 0 spiro atoms. The maximum atomic E-state index is 13.1. The molecule has 1 saturated heterocycles. The zero-order valence-electron chi connectivity index (χ0n) is 17.6. The van der Waals surface area contributed by atoms with Crippen molar-refractivity contribution in [3.63, 3.8) is 0 Å². The van der Waals surface area contributed by atoms with Crippen molar-refractivity contribution in [2.75, 3.05) is 36.2 Å². The van der Waals surface area contributed by atoms with Gasteiger partial charge in [-0.05, 0) is 49.6 Å². The molecule has 2 aliphatic heterocycles. The number of fused-ring (bicyclic) bond motifs is 1. The molecule has 2 aromatic rings. The summed E-state index contributed by atoms with van der Waals surface area (Å²) in [5.74, 6) is 0.103. The molecule has 2 aliphatic rings. The van der Waals surface area contributed by atoms with Crippen LogP contribution in [0.15, 0.2) is 48.5 Å². The highest BCUT2D eigenvalue weighted by Gasteiger charge is 2.34. The number of nitrogens with zero attached hydrogens (tertiary/aromatic N) is 3. The maximum Gasteiger partial charge on any atom is 0.253 e. The minimum Gasteiger partial charge on any atom is -0.336 e. The van der Waals surface area contributed by atoms with Gasteiger partial charge < -0.3 is 4.90 Å². The number of piperazine rings is 1. The molecular formula is C23H29N3O3S. The molecule has 2 heterocycles. The average Bonchev–Trinajstić information content (AvgIpc) is 3.10. The molecule has 1 atom stereocenters. The lowest BCUT2D eigenvalue weighted by Gasteiger charge is -2.35. The van der Waals surface area contributed by atoms with Crippen LogP contribution in [0.3, 0.4) is 0 Å². The van der Waals surface area contributed by atoms with Crippen molar-refractivity contribution < 1.29 is 13.2 Å². The first kappa shape index (κ1) is 20.9. The standard InChI is InChI=1S/C23H29N3O3S/c1-3-30(28,29)26-18(2)15-21-16-20(9-10-22(21)26)23(27)25-13-11-24(12-14-25)17-19-7-5-4-6-8-19/h4-10,16,18H,3,11-15,17H2,1-2H3/t18-/m1/s1. The number of carbonyl (C=O) groups excluding carboxylic acids is 1. The van der Waals surface area contributed by atoms with Gasteiger partial charge >= 0.3 is 0 Å². The first-order chi connectivity index (χ1) is 14.4. The average molecular weight is 428 g/mol. The van der Waals surface area contributed by atoms with E-state index < -0.39 is 10.0 Å². The smallest absolute Gasteiger partial charge is 0.253 e. The van der Waals surface area contributed by atoms with Crippen LogP contribution in [0.25, 0.3) is 0 Å². The third kappa shape index (κ3) is 4.09. The van der Waals surface area contributed by atoms with Crippen LogP contribution < -0.4 is 4.31 Å². The number of hydrogen-bond acceptors (Lipinski definition) is 4. The van der Waals surface area contributed by atoms with Crippen LogP contribution in [0.5, 0.6) is 0 Å². The molecule has 0 aliphatic carbocycles. The van der Waals surface area contributed by atoms with Crippen molar-refractivity contribution in [1.29, 1.82) is 0 Å². The summed E-state index contributed by atoms with van der Waals surface area (Å²) in [6.45, 7) is 7.60. The number of rotatable bonds is 5. The van der Waals surface area contributed by atoms with E-state index in [4.69, 9.17) is 0 Å². The normalized spacial score (nSPS) is 19.7. The monoisotopic (exact) mass is 427 g/mol. The second-order valence-corrected chi connectivity index (χ2v) is 10.3. The van der Waals surface area contributed by atoms with Crippen molar-refractivity contribution in [2.45, 2.75) is 32.9 Å². The van der Waals surface area contributed by atoms with E-state index in [1.165, 1.54) is 9.87 Å². The number of amides is 1. The first-order valence-corrected chi connectivity index (χ1v) is 12.2. The van der Waals surface area contributed by atoms with Gasteiger partial charge in [0.25, 0.3) is 5.91 Å². The van der Waals surface area contributed by atoms with Crippen LogP contribution in [-0.4, -0.2) is 62.1 Å². The number of anilines is 1. The van der Waals surface area contributed by atoms with Crippen LogP contribution in [0, 0.1) is 0 Å². The summed E-state index contributed by atoms with van der Waals surface area (Å²) in [6.07, 6.45) is 0.639. The molecule has 0 bridgehead atoms. The second-order valence-electron chi connectivity index (χ2n) is 8.15. The SMILES string of the molecule is CCS(=O)(=O)N1c2ccc(C(=O)N3CCN(Cc4ccccc4)CC3)cc2C[C@H]1C. The van der Waals surface area contributed by atoms with Gasteiger partial charge in [0, 0.05) is 44.3 Å². The Labute approximate surface area is 179 Å². The molecule has 0 N–H and O–H groups in total. The van der Waals surface area contributed by atoms with Crippen LogP contribution in [0.4, 0.5) is 5.69 Å². The molecule has 160 valence electrons. The summed E-state index contributed by atoms with van der Waals surface area (Å²) in [6, 6.07) is 15.7. The molecule has 30 heavy (non-hydrogen) atoms. The van der Waals surface area contributed by atoms with Crippen molar-refractivity contribution in [1.82, 2.24) is 9.80 Å². The van der Waals surface area contributed by atoms with E-state index >= 15 is 0 Å². The lowest BCUT2D eigenvalue weighted by atomic mass is 10.1. The highest BCUT2D eigenvalue weighted by Crippen LogP contribution is 2.35. The number of hydrogen-bond donors (Lipinski definition) is 0. The minimum atomic E-state index is -3.31. The molecule has 7 heteroatoms. The molecule has 4 rings (SSSR count). The Hall–Kier alpha value is -2.38. The van der Waals surface area contributed by atoms with Gasteiger partial charge in [0.1, 0.15) is 0 Å². The zero-order valence-corrected chi connectivity index (χ0v) is 18.4. The predicted octanol–water partition coefficient (Wildman–Crippen LogP) is 2.75. The molecule has 0 unspecified atom stereocenters. The van der Waals surface area contributed by atoms with E-state index in [1.54, 1.807) is 19.1 Å². The summed E-state index contributed by atoms with van der Waals surface area (Å²) in [5, 5.41) is 0. The van der Waals surface area contributed by atoms with Crippen molar-refractivity contribution in [3.8, 4) is 0 Å². The van der Waals surface area contributed by atoms with Gasteiger partial charge in [-0.3, -0.25) is 14.0 Å². The third-order valence-corrected chi connectivity index (χ3v) is 7.94. The maximum absolute atomic E-state index is 13.1. The van der Waals surface area contributed by atoms with Gasteiger partial charge in [-0.25, -0.2) is 8.42 Å². The fraction of sp³-hybridized carbons (Fsp3) is 0.435. The lowest BCUT2D eigenvalue weighted by molar-refractivity contribution is 0.0628. The van der Waals surface area contributed by atoms with E-state index in [2.05, 4.69) is 29.2 Å². The molecule has 1 fully saturated rings. The van der Waals surface area contributed by atoms with Crippen molar-refractivity contribution >= 4 is 21.6 Å². The Morgan fingerprint density at radius 3 is 2.40 bits per heavy atom. The van der Waals surface area contributed by atoms with Crippen molar-refractivity contribution in [3.05, 3.63) is 65.2 Å². The summed E-state index contributed by atoms with van der Waals surface area (Å²) in [5.41, 5.74) is 3.59. The van der Waals surface area contributed by atoms with Gasteiger partial charge in [0.15, 0.2) is 0 Å². The zero-order chi connectivity index (χ0) is 21.3. The fourth-order valence-electron chi connectivity index (χ4n) is 4.43. The van der Waals surface area contributed by atoms with E-state index in [0.29, 0.717) is 30.8 Å². The Morgan fingerprint density at radius 1 is 1.03 bits per heavy atom. The third-order valence-electron chi connectivity index (χ3n) is 6.05. The molecule has 2 aromatic carbocycles. The Bertz CT molecular complexity index is 1020. The van der Waals surface area contributed by atoms with Gasteiger partial charge in [-0.15, -0.1) is 0 Å². The second kappa shape index (κ2) is 8.40. The largest absolute Gasteiger partial charge is 0.336 e. The fourth-order valence-corrected chi connectivity index (χ4v) is 5.81. The van der Waals surface area contributed by atoms with E-state index in [-0.39, 0.29) is 17.7 Å². The van der Waals surface area contributed by atoms with Crippen LogP contribution in [-0.2, 0) is 23.0 Å². The highest BCUT2D eigenvalue weighted by atomic mass is 32.2. The molecule has 6 nitrogen and oxygen atoms in total. The van der Waals surface area contributed by atoms with Crippen LogP contribution in [0.1, 0.15) is 35.3 Å². The quantitative estimate of drug-likeness (QED) is 0.736. The molecule has 1 amide bonds. The van der Waals surface area contributed by atoms with E-state index in [9.17, 15) is 13.2 Å². The highest BCUT2D eigenvalue weighted by molar-refractivity contribution is 7.92. The van der Waals surface area contributed by atoms with E-state index in [0.717, 1.165) is 25.2 Å². The van der Waals surface area contributed by atoms with Crippen LogP contribution in [0.2, 0.25) is 0 Å². The van der Waals surface area contributed by atoms with Gasteiger partial charge in [-0.1, -0.05) is 30.3 Å². The minimum absolute atomic E-state index is 0.0293.